The quantitative estimate of drug-likeness (QED) is 0.540. The highest BCUT2D eigenvalue weighted by Gasteiger charge is 2.23. The lowest BCUT2D eigenvalue weighted by molar-refractivity contribution is 0.102. The summed E-state index contributed by atoms with van der Waals surface area (Å²) in [5.74, 6) is 0.620. The fraction of sp³-hybridized carbons (Fsp3) is 0.333. The fourth-order valence-electron chi connectivity index (χ4n) is 4.03. The van der Waals surface area contributed by atoms with Gasteiger partial charge in [0.2, 0.25) is 0 Å². The molecular formula is C21H22N6O3. The van der Waals surface area contributed by atoms with Crippen molar-refractivity contribution in [1.29, 1.82) is 0 Å². The molecule has 0 bridgehead atoms. The van der Waals surface area contributed by atoms with Gasteiger partial charge in [0.05, 0.1) is 36.5 Å². The summed E-state index contributed by atoms with van der Waals surface area (Å²) >= 11 is 0. The van der Waals surface area contributed by atoms with Crippen molar-refractivity contribution in [3.8, 4) is 5.75 Å². The van der Waals surface area contributed by atoms with Gasteiger partial charge in [-0.2, -0.15) is 14.7 Å². The van der Waals surface area contributed by atoms with Crippen LogP contribution in [0.1, 0.15) is 42.1 Å². The number of nitrogens with zero attached hydrogens (tertiary/aromatic N) is 5. The lowest BCUT2D eigenvalue weighted by Crippen LogP contribution is -2.21. The summed E-state index contributed by atoms with van der Waals surface area (Å²) in [4.78, 5) is 17.3. The van der Waals surface area contributed by atoms with E-state index < -0.39 is 0 Å². The van der Waals surface area contributed by atoms with Crippen LogP contribution in [0.25, 0.3) is 16.6 Å². The SMILES string of the molecule is COc1cc2nn([C@H]3CC[C@H](O)CC3)cc2cc1C(=O)Nc1cnc2cccnn12. The van der Waals surface area contributed by atoms with Gasteiger partial charge in [0, 0.05) is 23.8 Å². The molecule has 9 nitrogen and oxygen atoms in total. The normalized spacial score (nSPS) is 19.3. The van der Waals surface area contributed by atoms with Gasteiger partial charge in [-0.1, -0.05) is 0 Å². The minimum Gasteiger partial charge on any atom is -0.496 e. The Bertz CT molecular complexity index is 1220. The largest absolute Gasteiger partial charge is 0.496 e. The summed E-state index contributed by atoms with van der Waals surface area (Å²) in [5.41, 5.74) is 1.83. The Hall–Kier alpha value is -3.46. The third-order valence-corrected chi connectivity index (χ3v) is 5.65. The molecular weight excluding hydrogens is 384 g/mol. The Labute approximate surface area is 172 Å². The zero-order chi connectivity index (χ0) is 20.7. The van der Waals surface area contributed by atoms with Crippen molar-refractivity contribution in [3.63, 3.8) is 0 Å². The molecule has 0 aliphatic heterocycles. The third-order valence-electron chi connectivity index (χ3n) is 5.65. The monoisotopic (exact) mass is 406 g/mol. The van der Waals surface area contributed by atoms with Crippen LogP contribution in [0.4, 0.5) is 5.82 Å². The van der Waals surface area contributed by atoms with Crippen molar-refractivity contribution in [1.82, 2.24) is 24.4 Å². The second-order valence-electron chi connectivity index (χ2n) is 7.57. The van der Waals surface area contributed by atoms with E-state index in [-0.39, 0.29) is 18.1 Å². The first kappa shape index (κ1) is 18.6. The van der Waals surface area contributed by atoms with Crippen LogP contribution < -0.4 is 10.1 Å². The minimum atomic E-state index is -0.310. The molecule has 5 rings (SSSR count). The molecule has 0 atom stereocenters. The zero-order valence-electron chi connectivity index (χ0n) is 16.5. The number of imidazole rings is 1. The number of methoxy groups -OCH3 is 1. The molecule has 3 aromatic heterocycles. The maximum atomic E-state index is 13.0. The van der Waals surface area contributed by atoms with Crippen molar-refractivity contribution in [3.05, 3.63) is 48.4 Å². The maximum Gasteiger partial charge on any atom is 0.260 e. The van der Waals surface area contributed by atoms with E-state index in [2.05, 4.69) is 20.5 Å². The maximum absolute atomic E-state index is 13.0. The van der Waals surface area contributed by atoms with Crippen LogP contribution in [0, 0.1) is 0 Å². The van der Waals surface area contributed by atoms with Crippen molar-refractivity contribution in [2.45, 2.75) is 37.8 Å². The summed E-state index contributed by atoms with van der Waals surface area (Å²) in [6.45, 7) is 0. The second kappa shape index (κ2) is 7.42. The van der Waals surface area contributed by atoms with Crippen LogP contribution in [-0.4, -0.2) is 48.6 Å². The molecule has 2 N–H and O–H groups in total. The number of aliphatic hydroxyl groups is 1. The topological polar surface area (TPSA) is 107 Å². The number of aliphatic hydroxyl groups excluding tert-OH is 1. The van der Waals surface area contributed by atoms with E-state index in [1.54, 1.807) is 35.1 Å². The minimum absolute atomic E-state index is 0.212. The molecule has 9 heteroatoms. The summed E-state index contributed by atoms with van der Waals surface area (Å²) in [6.07, 6.45) is 8.30. The molecule has 0 saturated heterocycles. The second-order valence-corrected chi connectivity index (χ2v) is 7.57. The van der Waals surface area contributed by atoms with Crippen molar-refractivity contribution >= 4 is 28.3 Å². The molecule has 1 amide bonds. The number of hydrogen-bond donors (Lipinski definition) is 2. The van der Waals surface area contributed by atoms with Crippen LogP contribution in [-0.2, 0) is 0 Å². The van der Waals surface area contributed by atoms with Crippen molar-refractivity contribution in [2.75, 3.05) is 12.4 Å². The number of rotatable bonds is 4. The van der Waals surface area contributed by atoms with E-state index in [0.29, 0.717) is 22.8 Å². The predicted molar refractivity (Wildman–Crippen MR) is 111 cm³/mol. The fourth-order valence-corrected chi connectivity index (χ4v) is 4.03. The van der Waals surface area contributed by atoms with Crippen LogP contribution in [0.3, 0.4) is 0 Å². The van der Waals surface area contributed by atoms with Gasteiger partial charge in [-0.15, -0.1) is 0 Å². The number of carbonyl (C=O) groups is 1. The number of ether oxygens (including phenoxy) is 1. The number of aromatic nitrogens is 5. The van der Waals surface area contributed by atoms with Crippen LogP contribution >= 0.6 is 0 Å². The first-order valence-corrected chi connectivity index (χ1v) is 9.97. The highest BCUT2D eigenvalue weighted by Crippen LogP contribution is 2.31. The molecule has 1 saturated carbocycles. The lowest BCUT2D eigenvalue weighted by atomic mass is 9.93. The number of benzene rings is 1. The van der Waals surface area contributed by atoms with E-state index >= 15 is 0 Å². The Morgan fingerprint density at radius 2 is 2.10 bits per heavy atom. The Morgan fingerprint density at radius 3 is 2.90 bits per heavy atom. The lowest BCUT2D eigenvalue weighted by Gasteiger charge is -2.25. The number of anilines is 1. The van der Waals surface area contributed by atoms with E-state index in [0.717, 1.165) is 36.6 Å². The number of nitrogens with one attached hydrogen (secondary N) is 1. The summed E-state index contributed by atoms with van der Waals surface area (Å²) < 4.78 is 8.99. The molecule has 0 spiro atoms. The van der Waals surface area contributed by atoms with Gasteiger partial charge < -0.3 is 15.2 Å². The standard InChI is InChI=1S/C21H22N6O3/c1-30-18-10-17-13(12-26(25-17)14-4-6-15(28)7-5-14)9-16(18)21(29)24-20-11-22-19-3-2-8-23-27(19)20/h2-3,8-12,14-15,28H,4-7H2,1H3,(H,24,29)/t14-,15-. The van der Waals surface area contributed by atoms with E-state index in [1.807, 2.05) is 16.9 Å². The molecule has 1 aliphatic carbocycles. The molecule has 30 heavy (non-hydrogen) atoms. The molecule has 154 valence electrons. The molecule has 3 heterocycles. The van der Waals surface area contributed by atoms with Crippen LogP contribution in [0.2, 0.25) is 0 Å². The Morgan fingerprint density at radius 1 is 1.27 bits per heavy atom. The van der Waals surface area contributed by atoms with Gasteiger partial charge in [-0.3, -0.25) is 9.48 Å². The first-order chi connectivity index (χ1) is 14.6. The van der Waals surface area contributed by atoms with Crippen molar-refractivity contribution in [2.24, 2.45) is 0 Å². The van der Waals surface area contributed by atoms with Gasteiger partial charge in [0.25, 0.3) is 5.91 Å². The van der Waals surface area contributed by atoms with Gasteiger partial charge in [-0.25, -0.2) is 4.98 Å². The van der Waals surface area contributed by atoms with Gasteiger partial charge in [0.1, 0.15) is 5.75 Å². The van der Waals surface area contributed by atoms with E-state index in [9.17, 15) is 9.90 Å². The van der Waals surface area contributed by atoms with Gasteiger partial charge in [-0.05, 0) is 43.9 Å². The van der Waals surface area contributed by atoms with Crippen LogP contribution in [0.5, 0.6) is 5.75 Å². The average Bonchev–Trinajstić information content (AvgIpc) is 3.37. The molecule has 1 aromatic carbocycles. The summed E-state index contributed by atoms with van der Waals surface area (Å²) in [7, 11) is 1.53. The molecule has 1 aliphatic rings. The third kappa shape index (κ3) is 3.26. The molecule has 0 radical (unpaired) electrons. The van der Waals surface area contributed by atoms with E-state index in [4.69, 9.17) is 4.74 Å². The average molecular weight is 406 g/mol. The first-order valence-electron chi connectivity index (χ1n) is 9.97. The van der Waals surface area contributed by atoms with Crippen LogP contribution in [0.15, 0.2) is 42.9 Å². The van der Waals surface area contributed by atoms with Gasteiger partial charge >= 0.3 is 0 Å². The smallest absolute Gasteiger partial charge is 0.260 e. The Kier molecular flexibility index (Phi) is 4.59. The van der Waals surface area contributed by atoms with Gasteiger partial charge in [0.15, 0.2) is 11.5 Å². The number of hydrogen-bond acceptors (Lipinski definition) is 6. The molecule has 0 unspecified atom stereocenters. The molecule has 1 fully saturated rings. The van der Waals surface area contributed by atoms with Crippen molar-refractivity contribution < 1.29 is 14.6 Å². The Balaban J connectivity index is 1.46. The highest BCUT2D eigenvalue weighted by molar-refractivity contribution is 6.08. The molecule has 4 aromatic rings. The highest BCUT2D eigenvalue weighted by atomic mass is 16.5. The number of amides is 1. The van der Waals surface area contributed by atoms with E-state index in [1.165, 1.54) is 7.11 Å². The summed E-state index contributed by atoms with van der Waals surface area (Å²) in [6, 6.07) is 7.43. The predicted octanol–water partition coefficient (Wildman–Crippen LogP) is 2.82. The summed E-state index contributed by atoms with van der Waals surface area (Å²) in [5, 5.41) is 22.4. The number of fused-ring (bicyclic) bond motifs is 2. The number of carbonyl (C=O) groups excluding carboxylic acids is 1. The zero-order valence-corrected chi connectivity index (χ0v) is 16.5.